The highest BCUT2D eigenvalue weighted by Gasteiger charge is 2.41. The van der Waals surface area contributed by atoms with Crippen molar-refractivity contribution in [3.8, 4) is 0 Å². The third-order valence-corrected chi connectivity index (χ3v) is 3.82. The van der Waals surface area contributed by atoms with Crippen molar-refractivity contribution in [2.45, 2.75) is 31.6 Å². The first-order chi connectivity index (χ1) is 6.82. The van der Waals surface area contributed by atoms with E-state index in [-0.39, 0.29) is 0 Å². The number of fused-ring (bicyclic) bond motifs is 2. The minimum atomic E-state index is 0.427. The third kappa shape index (κ3) is 0.927. The zero-order valence-corrected chi connectivity index (χ0v) is 8.59. The molecule has 0 bridgehead atoms. The van der Waals surface area contributed by atoms with Crippen LogP contribution in [0.1, 0.15) is 37.3 Å². The number of nitrogens with zero attached hydrogens (tertiary/aromatic N) is 1. The van der Waals surface area contributed by atoms with Crippen LogP contribution in [0, 0.1) is 0 Å². The molecule has 1 spiro atoms. The fourth-order valence-electron chi connectivity index (χ4n) is 2.73. The Labute approximate surface area is 84.9 Å². The van der Waals surface area contributed by atoms with Crippen molar-refractivity contribution < 1.29 is 0 Å². The van der Waals surface area contributed by atoms with Gasteiger partial charge in [-0.1, -0.05) is 30.7 Å². The fourth-order valence-corrected chi connectivity index (χ4v) is 2.73. The third-order valence-electron chi connectivity index (χ3n) is 3.82. The van der Waals surface area contributed by atoms with E-state index in [4.69, 9.17) is 0 Å². The standard InChI is InChI=1S/C13H15N/c1-10-11-5-2-3-6-12(11)13(9-14-10)7-4-8-13/h2-3,5-6H,4,7-9H2,1H3. The fraction of sp³-hybridized carbons (Fsp3) is 0.462. The maximum absolute atomic E-state index is 4.66. The molecule has 0 saturated heterocycles. The maximum Gasteiger partial charge on any atom is 0.0489 e. The quantitative estimate of drug-likeness (QED) is 0.589. The average molecular weight is 185 g/mol. The van der Waals surface area contributed by atoms with E-state index in [0.29, 0.717) is 5.41 Å². The van der Waals surface area contributed by atoms with Crippen molar-refractivity contribution in [1.29, 1.82) is 0 Å². The highest BCUT2D eigenvalue weighted by Crippen LogP contribution is 2.47. The van der Waals surface area contributed by atoms with Gasteiger partial charge in [-0.15, -0.1) is 0 Å². The summed E-state index contributed by atoms with van der Waals surface area (Å²) in [4.78, 5) is 4.66. The van der Waals surface area contributed by atoms with Crippen molar-refractivity contribution >= 4 is 5.71 Å². The van der Waals surface area contributed by atoms with Crippen molar-refractivity contribution in [2.75, 3.05) is 6.54 Å². The van der Waals surface area contributed by atoms with Gasteiger partial charge in [0.05, 0.1) is 0 Å². The highest BCUT2D eigenvalue weighted by molar-refractivity contribution is 6.01. The molecule has 0 aromatic heterocycles. The van der Waals surface area contributed by atoms with Crippen LogP contribution in [0.15, 0.2) is 29.3 Å². The van der Waals surface area contributed by atoms with E-state index in [0.717, 1.165) is 6.54 Å². The summed E-state index contributed by atoms with van der Waals surface area (Å²) in [6.07, 6.45) is 4.05. The summed E-state index contributed by atoms with van der Waals surface area (Å²) in [5.74, 6) is 0. The van der Waals surface area contributed by atoms with Gasteiger partial charge in [-0.25, -0.2) is 0 Å². The van der Waals surface area contributed by atoms with E-state index in [1.165, 1.54) is 30.5 Å². The number of benzene rings is 1. The molecule has 1 heterocycles. The largest absolute Gasteiger partial charge is 0.289 e. The zero-order valence-electron chi connectivity index (χ0n) is 8.59. The molecule has 1 heteroatoms. The van der Waals surface area contributed by atoms with Crippen molar-refractivity contribution in [2.24, 2.45) is 4.99 Å². The van der Waals surface area contributed by atoms with E-state index in [2.05, 4.69) is 36.2 Å². The second-order valence-corrected chi connectivity index (χ2v) is 4.58. The Kier molecular flexibility index (Phi) is 1.58. The lowest BCUT2D eigenvalue weighted by molar-refractivity contribution is 0.251. The van der Waals surface area contributed by atoms with Crippen molar-refractivity contribution in [3.05, 3.63) is 35.4 Å². The first kappa shape index (κ1) is 8.22. The molecule has 1 nitrogen and oxygen atoms in total. The summed E-state index contributed by atoms with van der Waals surface area (Å²) in [6, 6.07) is 8.80. The van der Waals surface area contributed by atoms with Gasteiger partial charge >= 0.3 is 0 Å². The van der Waals surface area contributed by atoms with Gasteiger partial charge in [-0.05, 0) is 30.9 Å². The summed E-state index contributed by atoms with van der Waals surface area (Å²) in [7, 11) is 0. The topological polar surface area (TPSA) is 12.4 Å². The van der Waals surface area contributed by atoms with Crippen LogP contribution in [-0.4, -0.2) is 12.3 Å². The van der Waals surface area contributed by atoms with Gasteiger partial charge in [0.25, 0.3) is 0 Å². The molecule has 0 atom stereocenters. The van der Waals surface area contributed by atoms with Gasteiger partial charge in [-0.3, -0.25) is 4.99 Å². The summed E-state index contributed by atoms with van der Waals surface area (Å²) >= 11 is 0. The van der Waals surface area contributed by atoms with Gasteiger partial charge in [0.2, 0.25) is 0 Å². The number of hydrogen-bond donors (Lipinski definition) is 0. The van der Waals surface area contributed by atoms with Crippen LogP contribution in [0.2, 0.25) is 0 Å². The van der Waals surface area contributed by atoms with E-state index in [9.17, 15) is 0 Å². The molecule has 1 saturated carbocycles. The predicted octanol–water partition coefficient (Wildman–Crippen LogP) is 2.93. The van der Waals surface area contributed by atoms with Crippen LogP contribution in [-0.2, 0) is 5.41 Å². The van der Waals surface area contributed by atoms with Crippen LogP contribution in [0.3, 0.4) is 0 Å². The monoisotopic (exact) mass is 185 g/mol. The van der Waals surface area contributed by atoms with Gasteiger partial charge in [0.15, 0.2) is 0 Å². The van der Waals surface area contributed by atoms with Crippen LogP contribution in [0.5, 0.6) is 0 Å². The molecule has 14 heavy (non-hydrogen) atoms. The predicted molar refractivity (Wildman–Crippen MR) is 59.0 cm³/mol. The Morgan fingerprint density at radius 1 is 1.21 bits per heavy atom. The lowest BCUT2D eigenvalue weighted by atomic mass is 9.62. The van der Waals surface area contributed by atoms with Crippen LogP contribution in [0.25, 0.3) is 0 Å². The van der Waals surface area contributed by atoms with Crippen LogP contribution >= 0.6 is 0 Å². The highest BCUT2D eigenvalue weighted by atomic mass is 14.8. The lowest BCUT2D eigenvalue weighted by Gasteiger charge is -2.44. The van der Waals surface area contributed by atoms with Gasteiger partial charge in [-0.2, -0.15) is 0 Å². The van der Waals surface area contributed by atoms with E-state index >= 15 is 0 Å². The van der Waals surface area contributed by atoms with E-state index in [1.807, 2.05) is 0 Å². The Bertz CT molecular complexity index is 399. The molecule has 0 radical (unpaired) electrons. The Morgan fingerprint density at radius 3 is 2.71 bits per heavy atom. The summed E-state index contributed by atoms with van der Waals surface area (Å²) in [5, 5.41) is 0. The molecule has 72 valence electrons. The average Bonchev–Trinajstić information content (AvgIpc) is 2.17. The first-order valence-corrected chi connectivity index (χ1v) is 5.43. The maximum atomic E-state index is 4.66. The van der Waals surface area contributed by atoms with Gasteiger partial charge in [0, 0.05) is 17.7 Å². The molecule has 3 rings (SSSR count). The molecule has 2 aliphatic rings. The minimum Gasteiger partial charge on any atom is -0.289 e. The second-order valence-electron chi connectivity index (χ2n) is 4.58. The summed E-state index contributed by atoms with van der Waals surface area (Å²) in [5.41, 5.74) is 4.59. The molecule has 1 aromatic carbocycles. The van der Waals surface area contributed by atoms with E-state index < -0.39 is 0 Å². The summed E-state index contributed by atoms with van der Waals surface area (Å²) in [6.45, 7) is 3.15. The van der Waals surface area contributed by atoms with Crippen LogP contribution < -0.4 is 0 Å². The van der Waals surface area contributed by atoms with Crippen LogP contribution in [0.4, 0.5) is 0 Å². The van der Waals surface area contributed by atoms with Crippen molar-refractivity contribution in [3.63, 3.8) is 0 Å². The molecule has 0 N–H and O–H groups in total. The summed E-state index contributed by atoms with van der Waals surface area (Å²) < 4.78 is 0. The molecule has 1 aliphatic heterocycles. The Balaban J connectivity index is 2.18. The molecule has 0 unspecified atom stereocenters. The smallest absolute Gasteiger partial charge is 0.0489 e. The Hall–Kier alpha value is -1.11. The van der Waals surface area contributed by atoms with Gasteiger partial charge in [0.1, 0.15) is 0 Å². The molecule has 1 aliphatic carbocycles. The van der Waals surface area contributed by atoms with E-state index in [1.54, 1.807) is 5.56 Å². The molecule has 0 amide bonds. The molecule has 1 aromatic rings. The second kappa shape index (κ2) is 2.69. The van der Waals surface area contributed by atoms with Gasteiger partial charge < -0.3 is 0 Å². The number of rotatable bonds is 0. The first-order valence-electron chi connectivity index (χ1n) is 5.43. The lowest BCUT2D eigenvalue weighted by Crippen LogP contribution is -2.41. The molecular weight excluding hydrogens is 170 g/mol. The zero-order chi connectivity index (χ0) is 9.60. The Morgan fingerprint density at radius 2 is 2.00 bits per heavy atom. The number of hydrogen-bond acceptors (Lipinski definition) is 1. The van der Waals surface area contributed by atoms with Crippen molar-refractivity contribution in [1.82, 2.24) is 0 Å². The molecule has 1 fully saturated rings. The minimum absolute atomic E-state index is 0.427. The number of aliphatic imine (C=N–C) groups is 1. The normalized spacial score (nSPS) is 22.5. The SMILES string of the molecule is CC1=NCC2(CCC2)c2ccccc21. The molecular formula is C13H15N.